The third kappa shape index (κ3) is 3.05. The molecule has 1 saturated heterocycles. The fraction of sp³-hybridized carbons (Fsp3) is 0.320. The lowest BCUT2D eigenvalue weighted by atomic mass is 9.90. The summed E-state index contributed by atoms with van der Waals surface area (Å²) in [6.07, 6.45) is 6.55. The molecule has 0 bridgehead atoms. The molecule has 1 aliphatic heterocycles. The van der Waals surface area contributed by atoms with Crippen LogP contribution in [0.3, 0.4) is 0 Å². The Morgan fingerprint density at radius 2 is 2.00 bits per heavy atom. The largest absolute Gasteiger partial charge is 0.357 e. The number of halogens is 2. The molecule has 3 aromatic rings. The number of hydrogen-bond donors (Lipinski definition) is 1. The minimum Gasteiger partial charge on any atom is -0.357 e. The van der Waals surface area contributed by atoms with Gasteiger partial charge in [0.05, 0.1) is 22.3 Å². The van der Waals surface area contributed by atoms with Gasteiger partial charge in [-0.05, 0) is 62.4 Å². The van der Waals surface area contributed by atoms with Crippen LogP contribution in [-0.2, 0) is 5.54 Å². The molecule has 0 spiro atoms. The average Bonchev–Trinajstić information content (AvgIpc) is 3.37. The van der Waals surface area contributed by atoms with Gasteiger partial charge in [-0.1, -0.05) is 48.0 Å². The van der Waals surface area contributed by atoms with Crippen molar-refractivity contribution in [1.29, 1.82) is 0 Å². The van der Waals surface area contributed by atoms with Gasteiger partial charge in [-0.15, -0.1) is 0 Å². The number of benzene rings is 2. The van der Waals surface area contributed by atoms with Crippen LogP contribution in [0.4, 0.5) is 4.39 Å². The zero-order chi connectivity index (χ0) is 20.9. The maximum absolute atomic E-state index is 15.3. The summed E-state index contributed by atoms with van der Waals surface area (Å²) in [5.74, 6) is 0.817. The number of imidazole rings is 1. The van der Waals surface area contributed by atoms with E-state index in [2.05, 4.69) is 35.0 Å². The van der Waals surface area contributed by atoms with Crippen LogP contribution >= 0.6 is 11.6 Å². The predicted octanol–water partition coefficient (Wildman–Crippen LogP) is 6.76. The molecule has 5 rings (SSSR count). The fourth-order valence-corrected chi connectivity index (χ4v) is 5.03. The Bertz CT molecular complexity index is 1160. The monoisotopic (exact) mass is 421 g/mol. The first kappa shape index (κ1) is 19.4. The molecule has 0 saturated carbocycles. The van der Waals surface area contributed by atoms with Gasteiger partial charge in [0.15, 0.2) is 0 Å². The third-order valence-corrected chi connectivity index (χ3v) is 7.08. The molecule has 30 heavy (non-hydrogen) atoms. The Hall–Kier alpha value is -2.59. The van der Waals surface area contributed by atoms with Crippen molar-refractivity contribution in [2.24, 2.45) is 0 Å². The van der Waals surface area contributed by atoms with Gasteiger partial charge in [0.1, 0.15) is 11.7 Å². The molecule has 1 aromatic heterocycles. The summed E-state index contributed by atoms with van der Waals surface area (Å²) in [5, 5.41) is 0.713. The van der Waals surface area contributed by atoms with Crippen molar-refractivity contribution >= 4 is 22.6 Å². The number of nitrogens with zero attached hydrogens (tertiary/aromatic N) is 2. The highest BCUT2D eigenvalue weighted by atomic mass is 35.5. The lowest BCUT2D eigenvalue weighted by molar-refractivity contribution is 0.191. The molecule has 2 aromatic carbocycles. The number of aryl methyl sites for hydroxylation is 1. The highest BCUT2D eigenvalue weighted by molar-refractivity contribution is 6.32. The van der Waals surface area contributed by atoms with Crippen molar-refractivity contribution in [2.45, 2.75) is 44.6 Å². The smallest absolute Gasteiger partial charge is 0.142 e. The summed E-state index contributed by atoms with van der Waals surface area (Å²) in [6, 6.07) is 14.0. The van der Waals surface area contributed by atoms with E-state index in [4.69, 9.17) is 16.6 Å². The van der Waals surface area contributed by atoms with Gasteiger partial charge < -0.3 is 9.88 Å². The second kappa shape index (κ2) is 7.28. The van der Waals surface area contributed by atoms with Crippen LogP contribution in [0.15, 0.2) is 66.1 Å². The van der Waals surface area contributed by atoms with Gasteiger partial charge in [0.25, 0.3) is 0 Å². The minimum atomic E-state index is -0.380. The van der Waals surface area contributed by atoms with Crippen molar-refractivity contribution in [3.05, 3.63) is 88.1 Å². The number of aromatic amines is 1. The molecule has 2 atom stereocenters. The predicted molar refractivity (Wildman–Crippen MR) is 120 cm³/mol. The molecule has 1 N–H and O–H groups in total. The number of hydrogen-bond acceptors (Lipinski definition) is 2. The maximum Gasteiger partial charge on any atom is 0.142 e. The molecule has 5 heteroatoms. The number of H-pyrrole nitrogens is 1. The topological polar surface area (TPSA) is 31.9 Å². The lowest BCUT2D eigenvalue weighted by Gasteiger charge is -2.38. The Balaban J connectivity index is 1.49. The first-order valence-corrected chi connectivity index (χ1v) is 10.9. The minimum absolute atomic E-state index is 0.0831. The van der Waals surface area contributed by atoms with E-state index in [-0.39, 0.29) is 17.3 Å². The summed E-state index contributed by atoms with van der Waals surface area (Å²) in [7, 11) is 0. The normalized spacial score (nSPS) is 24.3. The molecule has 0 amide bonds. The van der Waals surface area contributed by atoms with Crippen LogP contribution in [0.25, 0.3) is 11.0 Å². The standard InChI is InChI=1S/C25H25ClFN3/c1-16-19(26)10-11-21-23(16)29-24(28-21)25(2)13-6-14-30(25)22-12-9-18(15-20(22)27)17-7-4-3-5-8-17/h3-5,7-8,10-12,15,18H,6,9,13-14H2,1-2H3,(H,28,29)/t18?,25-/m0/s1. The van der Waals surface area contributed by atoms with Gasteiger partial charge >= 0.3 is 0 Å². The molecule has 2 heterocycles. The Kier molecular flexibility index (Phi) is 4.70. The molecule has 3 nitrogen and oxygen atoms in total. The van der Waals surface area contributed by atoms with Crippen LogP contribution in [-0.4, -0.2) is 21.4 Å². The van der Waals surface area contributed by atoms with Gasteiger partial charge in [-0.2, -0.15) is 0 Å². The van der Waals surface area contributed by atoms with Crippen molar-refractivity contribution in [1.82, 2.24) is 14.9 Å². The summed E-state index contributed by atoms with van der Waals surface area (Å²) < 4.78 is 15.3. The van der Waals surface area contributed by atoms with Crippen molar-refractivity contribution < 1.29 is 4.39 Å². The number of likely N-dealkylation sites (tertiary alicyclic amines) is 1. The number of fused-ring (bicyclic) bond motifs is 1. The Morgan fingerprint density at radius 3 is 2.77 bits per heavy atom. The van der Waals surface area contributed by atoms with E-state index in [9.17, 15) is 0 Å². The lowest BCUT2D eigenvalue weighted by Crippen LogP contribution is -2.39. The molecular weight excluding hydrogens is 397 g/mol. The van der Waals surface area contributed by atoms with Crippen molar-refractivity contribution in [3.8, 4) is 0 Å². The number of allylic oxidation sites excluding steroid dienone is 3. The zero-order valence-corrected chi connectivity index (χ0v) is 18.0. The Morgan fingerprint density at radius 1 is 1.20 bits per heavy atom. The SMILES string of the molecule is Cc1c(Cl)ccc2[nH]c([C@]3(C)CCCN3C3=CCC(c4ccccc4)C=C3F)nc12. The molecule has 0 radical (unpaired) electrons. The molecule has 2 aliphatic rings. The van der Waals surface area contributed by atoms with Gasteiger partial charge in [0.2, 0.25) is 0 Å². The number of nitrogens with one attached hydrogen (secondary N) is 1. The van der Waals surface area contributed by atoms with Crippen LogP contribution in [0.2, 0.25) is 5.02 Å². The van der Waals surface area contributed by atoms with E-state index >= 15 is 4.39 Å². The van der Waals surface area contributed by atoms with Crippen LogP contribution in [0, 0.1) is 6.92 Å². The van der Waals surface area contributed by atoms with E-state index in [1.165, 1.54) is 0 Å². The van der Waals surface area contributed by atoms with Crippen molar-refractivity contribution in [3.63, 3.8) is 0 Å². The molecule has 1 unspecified atom stereocenters. The first-order valence-electron chi connectivity index (χ1n) is 10.5. The average molecular weight is 422 g/mol. The fourth-order valence-electron chi connectivity index (χ4n) is 4.88. The van der Waals surface area contributed by atoms with E-state index in [0.29, 0.717) is 10.7 Å². The molecule has 154 valence electrons. The summed E-state index contributed by atoms with van der Waals surface area (Å²) >= 11 is 6.29. The summed E-state index contributed by atoms with van der Waals surface area (Å²) in [5.41, 5.74) is 4.29. The summed E-state index contributed by atoms with van der Waals surface area (Å²) in [6.45, 7) is 4.96. The highest BCUT2D eigenvalue weighted by Gasteiger charge is 2.43. The zero-order valence-electron chi connectivity index (χ0n) is 17.3. The van der Waals surface area contributed by atoms with Crippen LogP contribution in [0.1, 0.15) is 49.1 Å². The van der Waals surface area contributed by atoms with E-state index < -0.39 is 0 Å². The maximum atomic E-state index is 15.3. The van der Waals surface area contributed by atoms with Crippen LogP contribution in [0.5, 0.6) is 0 Å². The highest BCUT2D eigenvalue weighted by Crippen LogP contribution is 2.44. The number of rotatable bonds is 3. The van der Waals surface area contributed by atoms with Gasteiger partial charge in [-0.3, -0.25) is 0 Å². The van der Waals surface area contributed by atoms with Crippen molar-refractivity contribution in [2.75, 3.05) is 6.54 Å². The summed E-state index contributed by atoms with van der Waals surface area (Å²) in [4.78, 5) is 10.6. The number of aromatic nitrogens is 2. The first-order chi connectivity index (χ1) is 14.5. The van der Waals surface area contributed by atoms with E-state index in [0.717, 1.165) is 53.8 Å². The van der Waals surface area contributed by atoms with Gasteiger partial charge in [0, 0.05) is 17.5 Å². The van der Waals surface area contributed by atoms with Crippen LogP contribution < -0.4 is 0 Å². The van der Waals surface area contributed by atoms with E-state index in [1.807, 2.05) is 37.3 Å². The molecule has 1 aliphatic carbocycles. The molecule has 1 fully saturated rings. The molecular formula is C25H25ClFN3. The quantitative estimate of drug-likeness (QED) is 0.506. The van der Waals surface area contributed by atoms with Gasteiger partial charge in [-0.25, -0.2) is 9.37 Å². The Labute approximate surface area is 181 Å². The van der Waals surface area contributed by atoms with E-state index in [1.54, 1.807) is 6.08 Å². The second-order valence-electron chi connectivity index (χ2n) is 8.54. The third-order valence-electron chi connectivity index (χ3n) is 6.67. The second-order valence-corrected chi connectivity index (χ2v) is 8.95.